The highest BCUT2D eigenvalue weighted by molar-refractivity contribution is 6.13. The smallest absolute Gasteiger partial charge is 0.240 e. The van der Waals surface area contributed by atoms with E-state index in [0.29, 0.717) is 17.7 Å². The Labute approximate surface area is 200 Å². The fraction of sp³-hybridized carbons (Fsp3) is 0.0769. The van der Waals surface area contributed by atoms with E-state index < -0.39 is 0 Å². The Hall–Kier alpha value is -5.01. The molecule has 166 valence electrons. The second-order valence-corrected chi connectivity index (χ2v) is 8.23. The molecule has 1 unspecified atom stereocenters. The summed E-state index contributed by atoms with van der Waals surface area (Å²) in [5.41, 5.74) is 9.83. The first kappa shape index (κ1) is 19.5. The van der Waals surface area contributed by atoms with Gasteiger partial charge in [0.15, 0.2) is 0 Å². The van der Waals surface area contributed by atoms with Gasteiger partial charge in [-0.05, 0) is 37.3 Å². The van der Waals surface area contributed by atoms with Crippen molar-refractivity contribution in [1.29, 1.82) is 0 Å². The number of rotatable bonds is 2. The van der Waals surface area contributed by atoms with E-state index in [9.17, 15) is 0 Å². The molecule has 0 amide bonds. The molecule has 3 aromatic heterocycles. The summed E-state index contributed by atoms with van der Waals surface area (Å²) in [5, 5.41) is 0. The highest BCUT2D eigenvalue weighted by atomic mass is 15.4. The van der Waals surface area contributed by atoms with Crippen molar-refractivity contribution < 1.29 is 0 Å². The van der Waals surface area contributed by atoms with E-state index in [2.05, 4.69) is 31.8 Å². The maximum absolute atomic E-state index is 4.96. The lowest BCUT2D eigenvalue weighted by molar-refractivity contribution is 0.901. The van der Waals surface area contributed by atoms with Crippen LogP contribution in [-0.4, -0.2) is 37.3 Å². The number of aliphatic imine (C=N–C) groups is 2. The van der Waals surface area contributed by atoms with E-state index in [0.717, 1.165) is 39.5 Å². The summed E-state index contributed by atoms with van der Waals surface area (Å²) in [5.74, 6) is 1.63. The Morgan fingerprint density at radius 1 is 0.857 bits per heavy atom. The third kappa shape index (κ3) is 3.07. The monoisotopic (exact) mass is 455 g/mol. The Morgan fingerprint density at radius 3 is 2.57 bits per heavy atom. The van der Waals surface area contributed by atoms with E-state index in [1.807, 2.05) is 59.6 Å². The topological polar surface area (TPSA) is 95.7 Å². The molecule has 0 spiro atoms. The van der Waals surface area contributed by atoms with E-state index >= 15 is 0 Å². The van der Waals surface area contributed by atoms with Crippen LogP contribution in [0.2, 0.25) is 0 Å². The van der Waals surface area contributed by atoms with Gasteiger partial charge >= 0.3 is 0 Å². The maximum Gasteiger partial charge on any atom is 0.240 e. The predicted molar refractivity (Wildman–Crippen MR) is 134 cm³/mol. The number of allylic oxidation sites excluding steroid dienone is 3. The van der Waals surface area contributed by atoms with Crippen LogP contribution in [0, 0.1) is 6.92 Å². The molecule has 0 radical (unpaired) electrons. The minimum Gasteiger partial charge on any atom is -0.279 e. The summed E-state index contributed by atoms with van der Waals surface area (Å²) in [6.45, 7) is 1.87. The summed E-state index contributed by atoms with van der Waals surface area (Å²) in [6.07, 6.45) is 20.4. The molecule has 0 saturated carbocycles. The molecule has 4 aliphatic heterocycles. The molecule has 35 heavy (non-hydrogen) atoms. The van der Waals surface area contributed by atoms with Crippen molar-refractivity contribution in [3.8, 4) is 0 Å². The van der Waals surface area contributed by atoms with Crippen molar-refractivity contribution in [2.24, 2.45) is 9.98 Å². The van der Waals surface area contributed by atoms with Crippen molar-refractivity contribution >= 4 is 41.3 Å². The van der Waals surface area contributed by atoms with E-state index in [-0.39, 0.29) is 5.92 Å². The Morgan fingerprint density at radius 2 is 1.66 bits per heavy atom. The predicted octanol–water partition coefficient (Wildman–Crippen LogP) is 4.30. The number of aryl methyl sites for hydroxylation is 1. The number of fused-ring (bicyclic) bond motifs is 5. The first-order valence-electron chi connectivity index (χ1n) is 11.1. The SMILES string of the molecule is Cc1nc(N2C3=C=C(C=NC=C3)c3cnccc32)nc(N2C3=CC(C=NC=C3)c3cnccc32)n1. The third-order valence-corrected chi connectivity index (χ3v) is 6.09. The van der Waals surface area contributed by atoms with Crippen molar-refractivity contribution in [3.05, 3.63) is 102 Å². The third-order valence-electron chi connectivity index (χ3n) is 6.09. The molecule has 0 fully saturated rings. The van der Waals surface area contributed by atoms with Gasteiger partial charge in [-0.3, -0.25) is 29.8 Å². The maximum atomic E-state index is 4.96. The molecule has 9 nitrogen and oxygen atoms in total. The Balaban J connectivity index is 1.43. The molecule has 1 atom stereocenters. The summed E-state index contributed by atoms with van der Waals surface area (Å²) < 4.78 is 0. The average molecular weight is 455 g/mol. The van der Waals surface area contributed by atoms with Gasteiger partial charge in [0.2, 0.25) is 11.9 Å². The van der Waals surface area contributed by atoms with Crippen LogP contribution in [0.3, 0.4) is 0 Å². The van der Waals surface area contributed by atoms with Crippen LogP contribution in [0.5, 0.6) is 0 Å². The van der Waals surface area contributed by atoms with Crippen molar-refractivity contribution in [2.75, 3.05) is 9.80 Å². The second-order valence-electron chi connectivity index (χ2n) is 8.23. The normalized spacial score (nSPS) is 18.8. The summed E-state index contributed by atoms with van der Waals surface area (Å²) in [6, 6.07) is 3.92. The van der Waals surface area contributed by atoms with Crippen LogP contribution in [0.25, 0.3) is 5.57 Å². The number of anilines is 4. The van der Waals surface area contributed by atoms with E-state index in [4.69, 9.17) is 15.0 Å². The van der Waals surface area contributed by atoms with Gasteiger partial charge < -0.3 is 0 Å². The zero-order chi connectivity index (χ0) is 23.4. The molecule has 0 aliphatic carbocycles. The molecule has 4 bridgehead atoms. The quantitative estimate of drug-likeness (QED) is 0.532. The van der Waals surface area contributed by atoms with Crippen molar-refractivity contribution in [1.82, 2.24) is 24.9 Å². The average Bonchev–Trinajstić information content (AvgIpc) is 3.22. The first-order chi connectivity index (χ1) is 17.3. The van der Waals surface area contributed by atoms with Gasteiger partial charge in [0.05, 0.1) is 17.1 Å². The lowest BCUT2D eigenvalue weighted by Crippen LogP contribution is -2.27. The van der Waals surface area contributed by atoms with Gasteiger partial charge in [-0.15, -0.1) is 0 Å². The van der Waals surface area contributed by atoms with Crippen LogP contribution in [0.4, 0.5) is 23.3 Å². The molecule has 3 aromatic rings. The molecule has 7 heterocycles. The first-order valence-corrected chi connectivity index (χ1v) is 11.1. The van der Waals surface area contributed by atoms with Gasteiger partial charge in [0.25, 0.3) is 0 Å². The summed E-state index contributed by atoms with van der Waals surface area (Å²) in [7, 11) is 0. The van der Waals surface area contributed by atoms with Gasteiger partial charge in [-0.25, -0.2) is 0 Å². The standard InChI is InChI=1S/C26H17N9/c1-16-31-25(34-19-2-6-27-12-17(10-19)21-14-29-8-4-23(21)34)33-26(32-16)35-20-3-7-28-13-18(11-20)22-15-30-9-5-24(22)35/h2-10,12-15,17H,1H3. The van der Waals surface area contributed by atoms with Gasteiger partial charge in [0, 0.05) is 77.9 Å². The molecular formula is C26H17N9. The fourth-order valence-corrected chi connectivity index (χ4v) is 4.58. The van der Waals surface area contributed by atoms with Gasteiger partial charge in [0.1, 0.15) is 5.82 Å². The lowest BCUT2D eigenvalue weighted by Gasteiger charge is -2.32. The molecule has 0 N–H and O–H groups in total. The zero-order valence-electron chi connectivity index (χ0n) is 18.6. The van der Waals surface area contributed by atoms with Crippen molar-refractivity contribution in [3.63, 3.8) is 0 Å². The number of hydrogen-bond acceptors (Lipinski definition) is 9. The number of aromatic nitrogens is 5. The van der Waals surface area contributed by atoms with Gasteiger partial charge in [-0.2, -0.15) is 15.0 Å². The molecule has 0 aromatic carbocycles. The minimum absolute atomic E-state index is 0.0358. The molecule has 0 saturated heterocycles. The summed E-state index contributed by atoms with van der Waals surface area (Å²) in [4.78, 5) is 35.8. The number of pyridine rings is 2. The van der Waals surface area contributed by atoms with Crippen LogP contribution in [-0.2, 0) is 0 Å². The molecule has 9 heteroatoms. The minimum atomic E-state index is 0.0358. The molecular weight excluding hydrogens is 438 g/mol. The van der Waals surface area contributed by atoms with Crippen LogP contribution in [0.15, 0.2) is 94.7 Å². The van der Waals surface area contributed by atoms with Crippen molar-refractivity contribution in [2.45, 2.75) is 12.8 Å². The van der Waals surface area contributed by atoms with Gasteiger partial charge in [-0.1, -0.05) is 5.73 Å². The van der Waals surface area contributed by atoms with Crippen LogP contribution in [0.1, 0.15) is 22.9 Å². The Bertz CT molecular complexity index is 1620. The zero-order valence-corrected chi connectivity index (χ0v) is 18.6. The number of nitrogens with zero attached hydrogens (tertiary/aromatic N) is 9. The van der Waals surface area contributed by atoms with Crippen LogP contribution >= 0.6 is 0 Å². The molecule has 4 aliphatic rings. The number of hydrogen-bond donors (Lipinski definition) is 0. The van der Waals surface area contributed by atoms with E-state index in [1.165, 1.54) is 0 Å². The Kier molecular flexibility index (Phi) is 4.18. The molecule has 7 rings (SSSR count). The largest absolute Gasteiger partial charge is 0.279 e. The highest BCUT2D eigenvalue weighted by Gasteiger charge is 2.31. The van der Waals surface area contributed by atoms with E-state index in [1.54, 1.807) is 31.0 Å². The fourth-order valence-electron chi connectivity index (χ4n) is 4.58. The summed E-state index contributed by atoms with van der Waals surface area (Å²) >= 11 is 0. The lowest BCUT2D eigenvalue weighted by atomic mass is 9.95. The highest BCUT2D eigenvalue weighted by Crippen LogP contribution is 2.42. The second kappa shape index (κ2) is 7.51. The van der Waals surface area contributed by atoms with Crippen LogP contribution < -0.4 is 9.80 Å².